The van der Waals surface area contributed by atoms with Gasteiger partial charge in [-0.3, -0.25) is 4.98 Å². The number of pyridine rings is 1. The number of thiazole rings is 1. The van der Waals surface area contributed by atoms with Gasteiger partial charge in [-0.1, -0.05) is 40.8 Å². The molecule has 2 amide bonds. The molecule has 2 aliphatic rings. The Morgan fingerprint density at radius 1 is 1.14 bits per heavy atom. The Bertz CT molecular complexity index is 1360. The Labute approximate surface area is 226 Å². The highest BCUT2D eigenvalue weighted by Gasteiger charge is 2.41. The quantitative estimate of drug-likeness (QED) is 0.376. The molecule has 204 valence electrons. The molecule has 0 radical (unpaired) electrons. The number of fused-ring (bicyclic) bond motifs is 2. The summed E-state index contributed by atoms with van der Waals surface area (Å²) in [7, 11) is -5.81. The van der Waals surface area contributed by atoms with Crippen molar-refractivity contribution in [3.63, 3.8) is 0 Å². The van der Waals surface area contributed by atoms with Crippen molar-refractivity contribution in [2.24, 2.45) is 4.36 Å². The number of amides is 2. The number of hydrogen-bond acceptors (Lipinski definition) is 6. The molecule has 11 heteroatoms. The lowest BCUT2D eigenvalue weighted by molar-refractivity contribution is 0.0734. The van der Waals surface area contributed by atoms with Crippen molar-refractivity contribution in [3.05, 3.63) is 33.1 Å². The van der Waals surface area contributed by atoms with E-state index in [-0.39, 0.29) is 9.38 Å². The zero-order valence-electron chi connectivity index (χ0n) is 23.5. The molecule has 0 aliphatic heterocycles. The van der Waals surface area contributed by atoms with Gasteiger partial charge in [0, 0.05) is 16.3 Å². The largest absolute Gasteiger partial charge is 0.384 e. The maximum atomic E-state index is 14.6. The number of urea groups is 1. The van der Waals surface area contributed by atoms with Gasteiger partial charge < -0.3 is 10.4 Å². The van der Waals surface area contributed by atoms with Crippen LogP contribution in [-0.4, -0.2) is 33.5 Å². The Morgan fingerprint density at radius 2 is 1.81 bits per heavy atom. The van der Waals surface area contributed by atoms with Gasteiger partial charge in [0.1, 0.15) is 13.8 Å². The van der Waals surface area contributed by atoms with Crippen molar-refractivity contribution in [2.45, 2.75) is 115 Å². The summed E-state index contributed by atoms with van der Waals surface area (Å²) in [4.78, 5) is 23.8. The standard InChI is InChI=1S/C26H41N5O3S2Si/c1-15-13-14-18-20(15)27-19-12-10-11-17(19)21(18)28-23(32)30-36(34,31-37(8,9)25(3,4)5)24-29-22(16(2)35-24)26(6,7)33/h15,33H,10-14H2,1-9H3,(H2,27,28,30,31,32,34). The number of aliphatic hydroxyl groups is 1. The number of aromatic nitrogens is 2. The van der Waals surface area contributed by atoms with Crippen LogP contribution in [0.4, 0.5) is 10.5 Å². The van der Waals surface area contributed by atoms with Gasteiger partial charge in [0.25, 0.3) is 0 Å². The molecule has 0 saturated carbocycles. The van der Waals surface area contributed by atoms with Gasteiger partial charge in [-0.25, -0.2) is 18.4 Å². The van der Waals surface area contributed by atoms with Gasteiger partial charge >= 0.3 is 6.03 Å². The number of hydrogen-bond donors (Lipinski definition) is 3. The third-order valence-electron chi connectivity index (χ3n) is 7.96. The minimum absolute atomic E-state index is 0.157. The van der Waals surface area contributed by atoms with Crippen LogP contribution in [0.15, 0.2) is 8.70 Å². The van der Waals surface area contributed by atoms with Crippen LogP contribution in [0.25, 0.3) is 0 Å². The fourth-order valence-electron chi connectivity index (χ4n) is 4.86. The van der Waals surface area contributed by atoms with Crippen molar-refractivity contribution in [3.8, 4) is 0 Å². The molecule has 37 heavy (non-hydrogen) atoms. The van der Waals surface area contributed by atoms with E-state index in [1.807, 2.05) is 6.92 Å². The number of carbonyl (C=O) groups is 1. The Kier molecular flexibility index (Phi) is 7.29. The average molecular weight is 564 g/mol. The topological polar surface area (TPSA) is 117 Å². The first-order valence-electron chi connectivity index (χ1n) is 13.0. The summed E-state index contributed by atoms with van der Waals surface area (Å²) in [6.45, 7) is 17.8. The van der Waals surface area contributed by atoms with Gasteiger partial charge in [-0.05, 0) is 75.0 Å². The highest BCUT2D eigenvalue weighted by molar-refractivity contribution is 7.95. The van der Waals surface area contributed by atoms with Crippen LogP contribution in [-0.2, 0) is 34.8 Å². The van der Waals surface area contributed by atoms with Gasteiger partial charge in [0.2, 0.25) is 4.34 Å². The predicted molar refractivity (Wildman–Crippen MR) is 153 cm³/mol. The third-order valence-corrected chi connectivity index (χ3v) is 17.5. The Hall–Kier alpha value is -1.66. The highest BCUT2D eigenvalue weighted by Crippen LogP contribution is 2.41. The number of aryl methyl sites for hydroxylation is 2. The van der Waals surface area contributed by atoms with Gasteiger partial charge in [0.05, 0.1) is 11.4 Å². The predicted octanol–water partition coefficient (Wildman–Crippen LogP) is 6.18. The lowest BCUT2D eigenvalue weighted by Crippen LogP contribution is -2.54. The van der Waals surface area contributed by atoms with Crippen molar-refractivity contribution >= 4 is 41.2 Å². The zero-order chi connectivity index (χ0) is 27.6. The smallest absolute Gasteiger partial charge is 0.354 e. The van der Waals surface area contributed by atoms with E-state index in [2.05, 4.69) is 59.8 Å². The van der Waals surface area contributed by atoms with E-state index in [1.54, 1.807) is 13.8 Å². The molecule has 0 aromatic carbocycles. The van der Waals surface area contributed by atoms with Gasteiger partial charge in [-0.15, -0.1) is 15.7 Å². The monoisotopic (exact) mass is 563 g/mol. The van der Waals surface area contributed by atoms with E-state index in [4.69, 9.17) is 4.98 Å². The van der Waals surface area contributed by atoms with Crippen LogP contribution in [0.5, 0.6) is 0 Å². The molecule has 2 aliphatic carbocycles. The first-order valence-corrected chi connectivity index (χ1v) is 18.4. The van der Waals surface area contributed by atoms with E-state index in [0.717, 1.165) is 65.2 Å². The first-order chi connectivity index (χ1) is 16.9. The second-order valence-corrected chi connectivity index (χ2v) is 21.2. The minimum Gasteiger partial charge on any atom is -0.384 e. The summed E-state index contributed by atoms with van der Waals surface area (Å²) in [5.41, 5.74) is 4.39. The van der Waals surface area contributed by atoms with Crippen LogP contribution in [0, 0.1) is 6.92 Å². The molecule has 2 heterocycles. The average Bonchev–Trinajstić information content (AvgIpc) is 3.45. The molecule has 0 spiro atoms. The second-order valence-electron chi connectivity index (χ2n) is 12.5. The van der Waals surface area contributed by atoms with Crippen LogP contribution >= 0.6 is 11.3 Å². The maximum absolute atomic E-state index is 14.6. The van der Waals surface area contributed by atoms with Crippen LogP contribution in [0.3, 0.4) is 0 Å². The van der Waals surface area contributed by atoms with E-state index in [0.29, 0.717) is 11.6 Å². The maximum Gasteiger partial charge on any atom is 0.354 e. The molecule has 2 unspecified atom stereocenters. The van der Waals surface area contributed by atoms with E-state index >= 15 is 0 Å². The molecule has 3 N–H and O–H groups in total. The lowest BCUT2D eigenvalue weighted by atomic mass is 10.0. The Balaban J connectivity index is 1.81. The number of rotatable bonds is 5. The summed E-state index contributed by atoms with van der Waals surface area (Å²) < 4.78 is 22.5. The SMILES string of the molecule is Cc1sc(S(=O)(=NC(=O)Nc2c3c(nc4c2CCC4C)CCC3)N[Si](C)(C)C(C)(C)C)nc1C(C)(C)O. The summed E-state index contributed by atoms with van der Waals surface area (Å²) >= 11 is 1.22. The fraction of sp³-hybridized carbons (Fsp3) is 0.654. The van der Waals surface area contributed by atoms with Crippen LogP contribution in [0.2, 0.25) is 18.1 Å². The number of nitrogens with one attached hydrogen (secondary N) is 2. The lowest BCUT2D eigenvalue weighted by Gasteiger charge is -2.37. The minimum atomic E-state index is -3.42. The van der Waals surface area contributed by atoms with E-state index in [1.165, 1.54) is 11.3 Å². The normalized spacial score (nSPS) is 19.4. The summed E-state index contributed by atoms with van der Waals surface area (Å²) in [5, 5.41) is 13.5. The molecule has 0 fully saturated rings. The first kappa shape index (κ1) is 28.3. The number of anilines is 1. The number of nitrogens with zero attached hydrogens (tertiary/aromatic N) is 3. The summed E-state index contributed by atoms with van der Waals surface area (Å²) in [5.74, 6) is 0.358. The molecular weight excluding hydrogens is 523 g/mol. The summed E-state index contributed by atoms with van der Waals surface area (Å²) in [6.07, 6.45) is 4.67. The molecule has 0 saturated heterocycles. The Morgan fingerprint density at radius 3 is 2.41 bits per heavy atom. The molecular formula is C26H41N5O3S2Si. The van der Waals surface area contributed by atoms with Crippen molar-refractivity contribution in [2.75, 3.05) is 5.32 Å². The molecule has 0 bridgehead atoms. The zero-order valence-corrected chi connectivity index (χ0v) is 26.2. The van der Waals surface area contributed by atoms with E-state index in [9.17, 15) is 14.1 Å². The van der Waals surface area contributed by atoms with Crippen LogP contribution < -0.4 is 9.70 Å². The van der Waals surface area contributed by atoms with Crippen molar-refractivity contribution in [1.82, 2.24) is 14.4 Å². The molecule has 2 atom stereocenters. The second kappa shape index (κ2) is 9.51. The van der Waals surface area contributed by atoms with E-state index < -0.39 is 29.8 Å². The van der Waals surface area contributed by atoms with Crippen LogP contribution in [0.1, 0.15) is 93.4 Å². The fourth-order valence-corrected chi connectivity index (χ4v) is 12.1. The van der Waals surface area contributed by atoms with Gasteiger partial charge in [0.15, 0.2) is 9.92 Å². The number of carbonyl (C=O) groups excluding carboxylic acids is 1. The molecule has 2 aromatic heterocycles. The molecule has 2 aromatic rings. The highest BCUT2D eigenvalue weighted by atomic mass is 32.2. The van der Waals surface area contributed by atoms with Gasteiger partial charge in [-0.2, -0.15) is 0 Å². The summed E-state index contributed by atoms with van der Waals surface area (Å²) in [6, 6.07) is -0.643. The van der Waals surface area contributed by atoms with Crippen molar-refractivity contribution in [1.29, 1.82) is 0 Å². The third kappa shape index (κ3) is 5.43. The molecule has 4 rings (SSSR count). The van der Waals surface area contributed by atoms with Crippen molar-refractivity contribution < 1.29 is 14.1 Å². The molecule has 8 nitrogen and oxygen atoms in total.